The monoisotopic (exact) mass is 623 g/mol. The van der Waals surface area contributed by atoms with Gasteiger partial charge in [0.1, 0.15) is 92.7 Å². The van der Waals surface area contributed by atoms with E-state index in [4.69, 9.17) is 28.4 Å². The quantitative estimate of drug-likeness (QED) is 0.108. The molecule has 0 radical (unpaired) electrons. The lowest BCUT2D eigenvalue weighted by Gasteiger charge is -2.48. The fourth-order valence-corrected chi connectivity index (χ4v) is 5.39. The maximum absolute atomic E-state index is 14.0. The molecule has 0 spiro atoms. The third-order valence-corrected chi connectivity index (χ3v) is 7.87. The fraction of sp³-hybridized carbons (Fsp3) is 1.00. The highest BCUT2D eigenvalue weighted by atomic mass is 19.1. The number of halogens is 2. The van der Waals surface area contributed by atoms with Gasteiger partial charge < -0.3 is 84.8 Å². The normalized spacial score (nSPS) is 52.0. The van der Waals surface area contributed by atoms with E-state index in [1.54, 1.807) is 0 Å². The minimum absolute atomic E-state index is 0.0703. The van der Waals surface area contributed by atoms with Crippen molar-refractivity contribution in [3.63, 3.8) is 0 Å². The lowest BCUT2D eigenvalue weighted by Crippen LogP contribution is -2.66. The molecule has 18 atom stereocenters. The van der Waals surface area contributed by atoms with Crippen LogP contribution < -0.4 is 5.32 Å². The third kappa shape index (κ3) is 6.72. The van der Waals surface area contributed by atoms with E-state index in [2.05, 4.69) is 5.32 Å². The van der Waals surface area contributed by atoms with Gasteiger partial charge in [-0.25, -0.2) is 8.78 Å². The average molecular weight is 624 g/mol. The number of β-amino-alcohol motifs (C(OH)–C–C–N with tert-alkyl or cyclic N) is 1. The topological polar surface area (TPSA) is 270 Å². The number of rotatable bonds is 10. The van der Waals surface area contributed by atoms with Crippen molar-refractivity contribution in [2.75, 3.05) is 33.1 Å². The second kappa shape index (κ2) is 14.5. The Labute approximate surface area is 237 Å². The van der Waals surface area contributed by atoms with Crippen molar-refractivity contribution in [1.29, 1.82) is 0 Å². The first-order valence-electron chi connectivity index (χ1n) is 13.4. The summed E-state index contributed by atoms with van der Waals surface area (Å²) in [5.74, 6) is 0. The zero-order chi connectivity index (χ0) is 30.9. The highest BCUT2D eigenvalue weighted by molar-refractivity contribution is 4.98. The van der Waals surface area contributed by atoms with Crippen LogP contribution in [0.2, 0.25) is 0 Å². The molecule has 4 heterocycles. The molecule has 0 bridgehead atoms. The number of aliphatic hydroxyl groups excluding tert-OH is 10. The van der Waals surface area contributed by atoms with E-state index in [9.17, 15) is 59.8 Å². The molecule has 0 saturated carbocycles. The Morgan fingerprint density at radius 2 is 1.00 bits per heavy atom. The highest BCUT2D eigenvalue weighted by Crippen LogP contribution is 2.33. The SMILES string of the molecule is OC[C@H]1NC[C@@H](O)[C@@H]1O[C@H]1O[C@H](CO)[C@@H](O[C@H]2O[C@H](CF)[C@@H](O[C@@H]3O[C@H](CF)[C@@H](O)[C@H](O)[C@H]3O)[C@H](O)[C@H]2O)[C@H](O)[C@H]1O. The molecular formula is C23H39F2NO16. The molecule has 19 heteroatoms. The second-order valence-electron chi connectivity index (χ2n) is 10.6. The van der Waals surface area contributed by atoms with Crippen LogP contribution >= 0.6 is 0 Å². The summed E-state index contributed by atoms with van der Waals surface area (Å²) < 4.78 is 59.7. The van der Waals surface area contributed by atoms with Crippen LogP contribution in [-0.4, -0.2) is 195 Å². The van der Waals surface area contributed by atoms with Crippen LogP contribution in [0.25, 0.3) is 0 Å². The molecule has 0 amide bonds. The van der Waals surface area contributed by atoms with Gasteiger partial charge in [-0.3, -0.25) is 0 Å². The van der Waals surface area contributed by atoms with E-state index in [0.717, 1.165) is 0 Å². The minimum atomic E-state index is -2.03. The first-order valence-corrected chi connectivity index (χ1v) is 13.4. The van der Waals surface area contributed by atoms with E-state index >= 15 is 0 Å². The zero-order valence-electron chi connectivity index (χ0n) is 22.1. The third-order valence-electron chi connectivity index (χ3n) is 7.87. The van der Waals surface area contributed by atoms with Crippen molar-refractivity contribution < 1.29 is 88.3 Å². The van der Waals surface area contributed by atoms with Crippen LogP contribution in [0.5, 0.6) is 0 Å². The maximum Gasteiger partial charge on any atom is 0.187 e. The Morgan fingerprint density at radius 3 is 1.50 bits per heavy atom. The van der Waals surface area contributed by atoms with Gasteiger partial charge in [0, 0.05) is 6.54 Å². The molecule has 0 unspecified atom stereocenters. The van der Waals surface area contributed by atoms with E-state index in [0.29, 0.717) is 0 Å². The van der Waals surface area contributed by atoms with Gasteiger partial charge in [0.15, 0.2) is 18.9 Å². The number of alkyl halides is 2. The van der Waals surface area contributed by atoms with Gasteiger partial charge >= 0.3 is 0 Å². The summed E-state index contributed by atoms with van der Waals surface area (Å²) in [5.41, 5.74) is 0. The fourth-order valence-electron chi connectivity index (χ4n) is 5.39. The second-order valence-corrected chi connectivity index (χ2v) is 10.6. The van der Waals surface area contributed by atoms with Crippen molar-refractivity contribution in [2.45, 2.75) is 110 Å². The Bertz CT molecular complexity index is 848. The summed E-state index contributed by atoms with van der Waals surface area (Å²) in [6.07, 6.45) is -29.1. The summed E-state index contributed by atoms with van der Waals surface area (Å²) in [7, 11) is 0. The number of nitrogens with one attached hydrogen (secondary N) is 1. The molecule has 246 valence electrons. The van der Waals surface area contributed by atoms with Gasteiger partial charge in [-0.05, 0) is 0 Å². The van der Waals surface area contributed by atoms with Crippen LogP contribution in [0.4, 0.5) is 8.78 Å². The molecule has 42 heavy (non-hydrogen) atoms. The largest absolute Gasteiger partial charge is 0.395 e. The van der Waals surface area contributed by atoms with Gasteiger partial charge in [0.2, 0.25) is 0 Å². The highest BCUT2D eigenvalue weighted by Gasteiger charge is 2.54. The minimum Gasteiger partial charge on any atom is -0.395 e. The van der Waals surface area contributed by atoms with E-state index in [-0.39, 0.29) is 6.54 Å². The molecule has 4 aliphatic heterocycles. The Balaban J connectivity index is 1.42. The van der Waals surface area contributed by atoms with E-state index in [1.807, 2.05) is 0 Å². The lowest BCUT2D eigenvalue weighted by molar-refractivity contribution is -0.380. The summed E-state index contributed by atoms with van der Waals surface area (Å²) >= 11 is 0. The van der Waals surface area contributed by atoms with Crippen LogP contribution in [0.3, 0.4) is 0 Å². The molecule has 17 nitrogen and oxygen atoms in total. The molecule has 4 fully saturated rings. The molecule has 0 aromatic rings. The smallest absolute Gasteiger partial charge is 0.187 e. The summed E-state index contributed by atoms with van der Waals surface area (Å²) in [4.78, 5) is 0. The van der Waals surface area contributed by atoms with Crippen molar-refractivity contribution in [2.24, 2.45) is 0 Å². The average Bonchev–Trinajstić information content (AvgIpc) is 3.34. The van der Waals surface area contributed by atoms with Crippen LogP contribution in [0.1, 0.15) is 0 Å². The predicted octanol–water partition coefficient (Wildman–Crippen LogP) is -6.90. The molecule has 0 aliphatic carbocycles. The van der Waals surface area contributed by atoms with E-state index in [1.165, 1.54) is 0 Å². The van der Waals surface area contributed by atoms with Gasteiger partial charge in [-0.15, -0.1) is 0 Å². The van der Waals surface area contributed by atoms with Gasteiger partial charge in [0.05, 0.1) is 25.4 Å². The molecule has 4 saturated heterocycles. The molecule has 0 aromatic heterocycles. The Kier molecular flexibility index (Phi) is 11.8. The lowest BCUT2D eigenvalue weighted by atomic mass is 9.96. The predicted molar refractivity (Wildman–Crippen MR) is 127 cm³/mol. The summed E-state index contributed by atoms with van der Waals surface area (Å²) in [5, 5.41) is 105. The molecule has 0 aromatic carbocycles. The van der Waals surface area contributed by atoms with Gasteiger partial charge in [-0.2, -0.15) is 0 Å². The first-order chi connectivity index (χ1) is 20.0. The van der Waals surface area contributed by atoms with Crippen molar-refractivity contribution in [3.05, 3.63) is 0 Å². The number of aliphatic hydroxyl groups is 10. The molecule has 4 rings (SSSR count). The number of ether oxygens (including phenoxy) is 6. The molecule has 11 N–H and O–H groups in total. The van der Waals surface area contributed by atoms with Gasteiger partial charge in [-0.1, -0.05) is 0 Å². The molecular weight excluding hydrogens is 584 g/mol. The molecule has 4 aliphatic rings. The van der Waals surface area contributed by atoms with Crippen LogP contribution in [0.15, 0.2) is 0 Å². The van der Waals surface area contributed by atoms with Crippen molar-refractivity contribution in [1.82, 2.24) is 5.32 Å². The van der Waals surface area contributed by atoms with Crippen LogP contribution in [0, 0.1) is 0 Å². The Morgan fingerprint density at radius 1 is 0.548 bits per heavy atom. The zero-order valence-corrected chi connectivity index (χ0v) is 22.1. The first kappa shape index (κ1) is 34.1. The Hall–Kier alpha value is -0.820. The van der Waals surface area contributed by atoms with E-state index < -0.39 is 137 Å². The number of hydrogen-bond donors (Lipinski definition) is 11. The van der Waals surface area contributed by atoms with Crippen molar-refractivity contribution >= 4 is 0 Å². The van der Waals surface area contributed by atoms with Crippen LogP contribution in [-0.2, 0) is 28.4 Å². The standard InChI is InChI=1S/C23H39F2NO16/c24-1-8-11(30)12(31)15(34)21(37-8)41-19-9(2-25)38-22(16(35)13(19)32)42-20-10(5-28)39-23(17(36)14(20)33)40-18-6(4-27)26-3-7(18)29/h6-23,26-36H,1-5H2/t6-,7-,8-,9-,10-,11-,12+,13-,14-,15-,16-,17-,18-,19-,20-,21+,22-,23-/m1/s1. The number of hydrogen-bond acceptors (Lipinski definition) is 17. The van der Waals surface area contributed by atoms with Gasteiger partial charge in [0.25, 0.3) is 0 Å². The van der Waals surface area contributed by atoms with Crippen molar-refractivity contribution in [3.8, 4) is 0 Å². The summed E-state index contributed by atoms with van der Waals surface area (Å²) in [6.45, 7) is -3.83. The maximum atomic E-state index is 14.0. The summed E-state index contributed by atoms with van der Waals surface area (Å²) in [6, 6.07) is -0.717.